The summed E-state index contributed by atoms with van der Waals surface area (Å²) < 4.78 is 53.2. The third kappa shape index (κ3) is 5.64. The number of nitrogens with zero attached hydrogens (tertiary/aromatic N) is 2. The van der Waals surface area contributed by atoms with Gasteiger partial charge in [-0.05, 0) is 49.4 Å². The Balaban J connectivity index is 1.57. The molecule has 0 saturated carbocycles. The lowest BCUT2D eigenvalue weighted by atomic mass is 10.3. The van der Waals surface area contributed by atoms with Gasteiger partial charge >= 0.3 is 0 Å². The summed E-state index contributed by atoms with van der Waals surface area (Å²) in [5.41, 5.74) is 0.666. The first-order valence-electron chi connectivity index (χ1n) is 9.86. The van der Waals surface area contributed by atoms with Crippen molar-refractivity contribution < 1.29 is 26.8 Å². The summed E-state index contributed by atoms with van der Waals surface area (Å²) in [4.78, 5) is 26.0. The van der Waals surface area contributed by atoms with Crippen LogP contribution in [0.2, 0.25) is 0 Å². The molecule has 0 bridgehead atoms. The lowest BCUT2D eigenvalue weighted by molar-refractivity contribution is -0.131. The molecule has 11 heteroatoms. The predicted molar refractivity (Wildman–Crippen MR) is 118 cm³/mol. The number of hydrogen-bond acceptors (Lipinski definition) is 5. The number of carbonyl (C=O) groups excluding carboxylic acids is 2. The second kappa shape index (κ2) is 9.97. The van der Waals surface area contributed by atoms with Gasteiger partial charge in [0.2, 0.25) is 21.8 Å². The molecule has 1 heterocycles. The lowest BCUT2D eigenvalue weighted by Gasteiger charge is -2.35. The summed E-state index contributed by atoms with van der Waals surface area (Å²) in [5, 5.41) is 2.28. The molecule has 1 aliphatic rings. The maximum Gasteiger partial charge on any atom is 0.243 e. The molecule has 172 valence electrons. The third-order valence-corrected chi connectivity index (χ3v) is 7.91. The van der Waals surface area contributed by atoms with Gasteiger partial charge in [0.05, 0.1) is 10.1 Å². The number of benzene rings is 2. The Morgan fingerprint density at radius 2 is 1.62 bits per heavy atom. The first-order valence-corrected chi connectivity index (χ1v) is 12.2. The number of halogens is 2. The van der Waals surface area contributed by atoms with E-state index >= 15 is 0 Å². The van der Waals surface area contributed by atoms with E-state index in [1.54, 1.807) is 24.0 Å². The monoisotopic (exact) mass is 483 g/mol. The van der Waals surface area contributed by atoms with Gasteiger partial charge in [-0.1, -0.05) is 0 Å². The highest BCUT2D eigenvalue weighted by molar-refractivity contribution is 8.00. The normalized spacial score (nSPS) is 15.9. The Kier molecular flexibility index (Phi) is 7.52. The summed E-state index contributed by atoms with van der Waals surface area (Å²) in [6.07, 6.45) is 0. The second-order valence-corrected chi connectivity index (χ2v) is 10.6. The number of nitrogens with one attached hydrogen (secondary N) is 1. The Bertz CT molecular complexity index is 1100. The Morgan fingerprint density at radius 1 is 1.00 bits per heavy atom. The maximum absolute atomic E-state index is 13.5. The molecule has 2 aromatic carbocycles. The van der Waals surface area contributed by atoms with Gasteiger partial charge < -0.3 is 10.2 Å². The molecule has 1 atom stereocenters. The first kappa shape index (κ1) is 24.1. The largest absolute Gasteiger partial charge is 0.339 e. The number of hydrogen-bond donors (Lipinski definition) is 1. The number of anilines is 1. The minimum absolute atomic E-state index is 0.0653. The third-order valence-electron chi connectivity index (χ3n) is 4.91. The minimum atomic E-state index is -3.98. The van der Waals surface area contributed by atoms with E-state index in [4.69, 9.17) is 0 Å². The molecule has 0 aromatic heterocycles. The highest BCUT2D eigenvalue weighted by Gasteiger charge is 2.32. The van der Waals surface area contributed by atoms with Crippen molar-refractivity contribution in [1.82, 2.24) is 9.21 Å². The fourth-order valence-corrected chi connectivity index (χ4v) is 5.65. The summed E-state index contributed by atoms with van der Waals surface area (Å²) >= 11 is 1.37. The van der Waals surface area contributed by atoms with Gasteiger partial charge in [-0.15, -0.1) is 11.8 Å². The molecule has 1 fully saturated rings. The minimum Gasteiger partial charge on any atom is -0.339 e. The van der Waals surface area contributed by atoms with Crippen LogP contribution in [0.15, 0.2) is 52.3 Å². The molecule has 7 nitrogen and oxygen atoms in total. The van der Waals surface area contributed by atoms with E-state index in [1.165, 1.54) is 23.0 Å². The fourth-order valence-electron chi connectivity index (χ4n) is 3.27. The summed E-state index contributed by atoms with van der Waals surface area (Å²) in [6, 6.07) is 9.60. The van der Waals surface area contributed by atoms with Crippen LogP contribution in [0.5, 0.6) is 0 Å². The van der Waals surface area contributed by atoms with Gasteiger partial charge in [0.15, 0.2) is 11.6 Å². The van der Waals surface area contributed by atoms with Gasteiger partial charge in [0, 0.05) is 43.7 Å². The smallest absolute Gasteiger partial charge is 0.243 e. The number of sulfonamides is 1. The average molecular weight is 484 g/mol. The predicted octanol–water partition coefficient (Wildman–Crippen LogP) is 2.94. The summed E-state index contributed by atoms with van der Waals surface area (Å²) in [6.45, 7) is 3.74. The molecule has 0 aliphatic carbocycles. The molecule has 0 spiro atoms. The van der Waals surface area contributed by atoms with Crippen molar-refractivity contribution in [3.63, 3.8) is 0 Å². The molecule has 32 heavy (non-hydrogen) atoms. The van der Waals surface area contributed by atoms with E-state index in [9.17, 15) is 26.8 Å². The molecule has 2 amide bonds. The van der Waals surface area contributed by atoms with Crippen molar-refractivity contribution in [2.75, 3.05) is 31.5 Å². The number of rotatable bonds is 6. The van der Waals surface area contributed by atoms with Crippen LogP contribution in [0.4, 0.5) is 14.5 Å². The van der Waals surface area contributed by atoms with Crippen molar-refractivity contribution in [2.45, 2.75) is 28.9 Å². The standard InChI is InChI=1S/C21H23F2N3O4S2/c1-14(31-17-5-3-16(4-6-17)24-15(2)27)21(28)25-9-11-26(12-10-25)32(29,30)18-7-8-19(22)20(23)13-18/h3-8,13-14H,9-12H2,1-2H3,(H,24,27). The van der Waals surface area contributed by atoms with Gasteiger partial charge in [-0.25, -0.2) is 17.2 Å². The maximum atomic E-state index is 13.5. The number of carbonyl (C=O) groups is 2. The van der Waals surface area contributed by atoms with Gasteiger partial charge in [0.1, 0.15) is 0 Å². The Morgan fingerprint density at radius 3 is 2.19 bits per heavy atom. The van der Waals surface area contributed by atoms with E-state index in [0.717, 1.165) is 17.0 Å². The second-order valence-electron chi connectivity index (χ2n) is 7.27. The van der Waals surface area contributed by atoms with E-state index in [1.807, 2.05) is 12.1 Å². The molecule has 2 aromatic rings. The number of piperazine rings is 1. The molecule has 3 rings (SSSR count). The molecule has 1 unspecified atom stereocenters. The molecule has 1 aliphatic heterocycles. The zero-order valence-electron chi connectivity index (χ0n) is 17.5. The van der Waals surface area contributed by atoms with Gasteiger partial charge in [-0.3, -0.25) is 9.59 Å². The molecular formula is C21H23F2N3O4S2. The van der Waals surface area contributed by atoms with Crippen molar-refractivity contribution in [1.29, 1.82) is 0 Å². The zero-order chi connectivity index (χ0) is 23.5. The fraction of sp³-hybridized carbons (Fsp3) is 0.333. The van der Waals surface area contributed by atoms with E-state index < -0.39 is 26.9 Å². The zero-order valence-corrected chi connectivity index (χ0v) is 19.2. The average Bonchev–Trinajstić information content (AvgIpc) is 2.76. The number of amides is 2. The van der Waals surface area contributed by atoms with E-state index in [2.05, 4.69) is 5.32 Å². The summed E-state index contributed by atoms with van der Waals surface area (Å²) in [7, 11) is -3.98. The van der Waals surface area contributed by atoms with Crippen LogP contribution in [-0.2, 0) is 19.6 Å². The summed E-state index contributed by atoms with van der Waals surface area (Å²) in [5.74, 6) is -2.63. The van der Waals surface area contributed by atoms with Crippen molar-refractivity contribution in [3.05, 3.63) is 54.1 Å². The molecule has 1 saturated heterocycles. The van der Waals surface area contributed by atoms with Crippen LogP contribution in [-0.4, -0.2) is 60.9 Å². The van der Waals surface area contributed by atoms with Crippen molar-refractivity contribution >= 4 is 39.3 Å². The van der Waals surface area contributed by atoms with E-state index in [0.29, 0.717) is 11.8 Å². The Hall–Kier alpha value is -2.50. The topological polar surface area (TPSA) is 86.8 Å². The van der Waals surface area contributed by atoms with Crippen molar-refractivity contribution in [2.24, 2.45) is 0 Å². The first-order chi connectivity index (χ1) is 15.1. The van der Waals surface area contributed by atoms with Crippen LogP contribution in [0.25, 0.3) is 0 Å². The van der Waals surface area contributed by atoms with E-state index in [-0.39, 0.29) is 42.9 Å². The Labute approximate surface area is 189 Å². The molecular weight excluding hydrogens is 460 g/mol. The molecule has 0 radical (unpaired) electrons. The van der Waals surface area contributed by atoms with Crippen LogP contribution >= 0.6 is 11.8 Å². The van der Waals surface area contributed by atoms with Gasteiger partial charge in [0.25, 0.3) is 0 Å². The van der Waals surface area contributed by atoms with Crippen molar-refractivity contribution in [3.8, 4) is 0 Å². The van der Waals surface area contributed by atoms with Crippen LogP contribution in [0, 0.1) is 11.6 Å². The van der Waals surface area contributed by atoms with Crippen LogP contribution in [0.1, 0.15) is 13.8 Å². The van der Waals surface area contributed by atoms with Crippen LogP contribution in [0.3, 0.4) is 0 Å². The SMILES string of the molecule is CC(=O)Nc1ccc(SC(C)C(=O)N2CCN(S(=O)(=O)c3ccc(F)c(F)c3)CC2)cc1. The van der Waals surface area contributed by atoms with Crippen LogP contribution < -0.4 is 5.32 Å². The highest BCUT2D eigenvalue weighted by atomic mass is 32.2. The highest BCUT2D eigenvalue weighted by Crippen LogP contribution is 2.27. The molecule has 1 N–H and O–H groups in total. The number of thioether (sulfide) groups is 1. The quantitative estimate of drug-likeness (QED) is 0.639. The van der Waals surface area contributed by atoms with Gasteiger partial charge in [-0.2, -0.15) is 4.31 Å². The lowest BCUT2D eigenvalue weighted by Crippen LogP contribution is -2.52.